The Morgan fingerprint density at radius 2 is 1.93 bits per heavy atom. The predicted molar refractivity (Wildman–Crippen MR) is 47.8 cm³/mol. The van der Waals surface area contributed by atoms with E-state index in [1.54, 1.807) is 0 Å². The molecule has 0 spiro atoms. The molecule has 0 saturated carbocycles. The molecular weight excluding hydrogens is 212 g/mol. The summed E-state index contributed by atoms with van der Waals surface area (Å²) in [6.07, 6.45) is 0. The first kappa shape index (κ1) is 12.8. The van der Waals surface area contributed by atoms with Crippen LogP contribution in [0.25, 0.3) is 0 Å². The third kappa shape index (κ3) is 2.96. The number of aliphatic carboxylic acids is 1. The highest BCUT2D eigenvalue weighted by molar-refractivity contribution is 7.90. The number of nitrogens with two attached hydrogens (primary N) is 1. The first-order valence-electron chi connectivity index (χ1n) is 3.66. The van der Waals surface area contributed by atoms with E-state index < -0.39 is 33.7 Å². The number of primary amides is 1. The van der Waals surface area contributed by atoms with E-state index in [0.29, 0.717) is 4.31 Å². The van der Waals surface area contributed by atoms with Gasteiger partial charge in [0.1, 0.15) is 0 Å². The molecule has 1 amide bonds. The third-order valence-corrected chi connectivity index (χ3v) is 3.70. The van der Waals surface area contributed by atoms with Gasteiger partial charge in [-0.15, -0.1) is 0 Å². The van der Waals surface area contributed by atoms with E-state index in [4.69, 9.17) is 10.8 Å². The summed E-state index contributed by atoms with van der Waals surface area (Å²) >= 11 is 0. The molecule has 0 aliphatic carbocycles. The van der Waals surface area contributed by atoms with E-state index in [2.05, 4.69) is 0 Å². The smallest absolute Gasteiger partial charge is 0.323 e. The Morgan fingerprint density at radius 1 is 1.50 bits per heavy atom. The van der Waals surface area contributed by atoms with Crippen LogP contribution in [-0.4, -0.2) is 48.5 Å². The number of hydrogen-bond donors (Lipinski definition) is 2. The van der Waals surface area contributed by atoms with Crippen molar-refractivity contribution < 1.29 is 23.1 Å². The predicted octanol–water partition coefficient (Wildman–Crippen LogP) is -1.79. The van der Waals surface area contributed by atoms with Crippen molar-refractivity contribution in [3.05, 3.63) is 0 Å². The summed E-state index contributed by atoms with van der Waals surface area (Å²) in [6.45, 7) is 0.495. The second-order valence-corrected chi connectivity index (χ2v) is 5.11. The quantitative estimate of drug-likeness (QED) is 0.571. The highest BCUT2D eigenvalue weighted by Gasteiger charge is 2.32. The molecule has 7 nitrogen and oxygen atoms in total. The molecule has 1 unspecified atom stereocenters. The number of carbonyl (C=O) groups excluding carboxylic acids is 1. The topological polar surface area (TPSA) is 118 Å². The molecule has 0 radical (unpaired) electrons. The molecule has 0 aliphatic rings. The Hall–Kier alpha value is -1.15. The van der Waals surface area contributed by atoms with Gasteiger partial charge in [-0.25, -0.2) is 8.42 Å². The molecule has 3 N–H and O–H groups in total. The lowest BCUT2D eigenvalue weighted by atomic mass is 10.5. The molecule has 0 aromatic rings. The van der Waals surface area contributed by atoms with Gasteiger partial charge in [-0.1, -0.05) is 0 Å². The molecule has 0 aliphatic heterocycles. The first-order valence-corrected chi connectivity index (χ1v) is 5.16. The molecule has 0 bridgehead atoms. The monoisotopic (exact) mass is 224 g/mol. The van der Waals surface area contributed by atoms with Gasteiger partial charge < -0.3 is 10.8 Å². The van der Waals surface area contributed by atoms with Gasteiger partial charge in [0, 0.05) is 7.05 Å². The highest BCUT2D eigenvalue weighted by Crippen LogP contribution is 2.06. The van der Waals surface area contributed by atoms with Crippen molar-refractivity contribution in [1.29, 1.82) is 0 Å². The molecule has 0 heterocycles. The normalized spacial score (nSPS) is 13.9. The van der Waals surface area contributed by atoms with Gasteiger partial charge in [0.15, 0.2) is 5.25 Å². The average molecular weight is 224 g/mol. The van der Waals surface area contributed by atoms with Crippen LogP contribution in [-0.2, 0) is 19.6 Å². The van der Waals surface area contributed by atoms with Crippen LogP contribution in [0.5, 0.6) is 0 Å². The SMILES string of the molecule is CC(C(=O)O)S(=O)(=O)N(C)CC(N)=O. The minimum absolute atomic E-state index is 0.528. The van der Waals surface area contributed by atoms with E-state index in [9.17, 15) is 18.0 Å². The minimum atomic E-state index is -4.00. The Morgan fingerprint density at radius 3 is 2.21 bits per heavy atom. The number of hydrogen-bond acceptors (Lipinski definition) is 4. The number of carboxylic acids is 1. The molecule has 0 saturated heterocycles. The maximum atomic E-state index is 11.3. The van der Waals surface area contributed by atoms with Crippen LogP contribution in [0.1, 0.15) is 6.92 Å². The summed E-state index contributed by atoms with van der Waals surface area (Å²) in [6, 6.07) is 0. The van der Waals surface area contributed by atoms with Crippen molar-refractivity contribution in [2.75, 3.05) is 13.6 Å². The van der Waals surface area contributed by atoms with E-state index in [1.165, 1.54) is 0 Å². The summed E-state index contributed by atoms with van der Waals surface area (Å²) in [7, 11) is -2.90. The molecule has 1 atom stereocenters. The Labute approximate surface area is 81.5 Å². The van der Waals surface area contributed by atoms with E-state index in [-0.39, 0.29) is 0 Å². The number of carbonyl (C=O) groups is 2. The van der Waals surface area contributed by atoms with Gasteiger partial charge in [-0.3, -0.25) is 9.59 Å². The number of amides is 1. The average Bonchev–Trinajstić information content (AvgIpc) is 2.01. The summed E-state index contributed by atoms with van der Waals surface area (Å²) in [5, 5.41) is 6.89. The van der Waals surface area contributed by atoms with Gasteiger partial charge in [0.05, 0.1) is 6.54 Å². The van der Waals surface area contributed by atoms with Gasteiger partial charge in [0.2, 0.25) is 15.9 Å². The number of rotatable bonds is 5. The highest BCUT2D eigenvalue weighted by atomic mass is 32.2. The minimum Gasteiger partial charge on any atom is -0.480 e. The van der Waals surface area contributed by atoms with Crippen LogP contribution in [0.4, 0.5) is 0 Å². The zero-order valence-electron chi connectivity index (χ0n) is 7.80. The van der Waals surface area contributed by atoms with Crippen molar-refractivity contribution in [1.82, 2.24) is 4.31 Å². The van der Waals surface area contributed by atoms with Crippen LogP contribution in [0.2, 0.25) is 0 Å². The Balaban J connectivity index is 4.79. The van der Waals surface area contributed by atoms with E-state index in [0.717, 1.165) is 14.0 Å². The molecule has 82 valence electrons. The Bertz CT molecular complexity index is 336. The first-order chi connectivity index (χ1) is 6.19. The van der Waals surface area contributed by atoms with Gasteiger partial charge in [0.25, 0.3) is 0 Å². The van der Waals surface area contributed by atoms with Crippen molar-refractivity contribution in [3.8, 4) is 0 Å². The fourth-order valence-corrected chi connectivity index (χ4v) is 1.81. The maximum Gasteiger partial charge on any atom is 0.323 e. The lowest BCUT2D eigenvalue weighted by Crippen LogP contribution is -2.42. The third-order valence-electron chi connectivity index (χ3n) is 1.61. The van der Waals surface area contributed by atoms with Gasteiger partial charge in [-0.2, -0.15) is 4.31 Å². The maximum absolute atomic E-state index is 11.3. The molecular formula is C6H12N2O5S. The van der Waals surface area contributed by atoms with Crippen LogP contribution in [0.3, 0.4) is 0 Å². The summed E-state index contributed by atoms with van der Waals surface area (Å²) < 4.78 is 23.3. The number of nitrogens with zero attached hydrogens (tertiary/aromatic N) is 1. The zero-order valence-corrected chi connectivity index (χ0v) is 8.61. The zero-order chi connectivity index (χ0) is 11.5. The summed E-state index contributed by atoms with van der Waals surface area (Å²) in [5.41, 5.74) is 4.77. The molecule has 0 rings (SSSR count). The summed E-state index contributed by atoms with van der Waals surface area (Å²) in [4.78, 5) is 20.8. The second kappa shape index (κ2) is 4.38. The van der Waals surface area contributed by atoms with Gasteiger partial charge >= 0.3 is 5.97 Å². The Kier molecular flexibility index (Phi) is 4.02. The second-order valence-electron chi connectivity index (χ2n) is 2.75. The van der Waals surface area contributed by atoms with Crippen molar-refractivity contribution in [3.63, 3.8) is 0 Å². The van der Waals surface area contributed by atoms with Crippen LogP contribution >= 0.6 is 0 Å². The molecule has 14 heavy (non-hydrogen) atoms. The summed E-state index contributed by atoms with van der Waals surface area (Å²) in [5.74, 6) is -2.31. The standard InChI is InChI=1S/C6H12N2O5S/c1-4(6(10)11)14(12,13)8(2)3-5(7)9/h4H,3H2,1-2H3,(H2,7,9)(H,10,11). The molecule has 0 aromatic heterocycles. The van der Waals surface area contributed by atoms with Crippen LogP contribution in [0, 0.1) is 0 Å². The van der Waals surface area contributed by atoms with Crippen molar-refractivity contribution in [2.24, 2.45) is 5.73 Å². The molecule has 0 aromatic carbocycles. The fourth-order valence-electron chi connectivity index (χ4n) is 0.707. The number of likely N-dealkylation sites (N-methyl/N-ethyl adjacent to an activating group) is 1. The number of sulfonamides is 1. The van der Waals surface area contributed by atoms with Crippen LogP contribution < -0.4 is 5.73 Å². The van der Waals surface area contributed by atoms with E-state index in [1.807, 2.05) is 0 Å². The molecule has 8 heteroatoms. The largest absolute Gasteiger partial charge is 0.480 e. The van der Waals surface area contributed by atoms with Gasteiger partial charge in [-0.05, 0) is 6.92 Å². The lowest BCUT2D eigenvalue weighted by Gasteiger charge is -2.17. The van der Waals surface area contributed by atoms with Crippen LogP contribution in [0.15, 0.2) is 0 Å². The van der Waals surface area contributed by atoms with E-state index >= 15 is 0 Å². The van der Waals surface area contributed by atoms with Crippen molar-refractivity contribution >= 4 is 21.9 Å². The fraction of sp³-hybridized carbons (Fsp3) is 0.667. The molecule has 0 fully saturated rings. The number of carboxylic acid groups (broad SMARTS) is 1. The lowest BCUT2D eigenvalue weighted by molar-refractivity contribution is -0.136. The van der Waals surface area contributed by atoms with Crippen molar-refractivity contribution in [2.45, 2.75) is 12.2 Å².